The van der Waals surface area contributed by atoms with Gasteiger partial charge in [-0.25, -0.2) is 0 Å². The van der Waals surface area contributed by atoms with E-state index in [1.807, 2.05) is 6.92 Å². The first kappa shape index (κ1) is 17.4. The van der Waals surface area contributed by atoms with E-state index in [0.29, 0.717) is 11.2 Å². The molecule has 1 aromatic rings. The van der Waals surface area contributed by atoms with Crippen molar-refractivity contribution in [2.45, 2.75) is 50.2 Å². The zero-order chi connectivity index (χ0) is 15.9. The second-order valence-electron chi connectivity index (χ2n) is 5.81. The molecule has 0 bridgehead atoms. The van der Waals surface area contributed by atoms with Gasteiger partial charge in [0.05, 0.1) is 5.04 Å². The molecule has 2 rings (SSSR count). The maximum absolute atomic E-state index is 7.76. The molecule has 0 saturated heterocycles. The summed E-state index contributed by atoms with van der Waals surface area (Å²) in [4.78, 5) is 0. The molecule has 1 fully saturated rings. The third-order valence-electron chi connectivity index (χ3n) is 4.09. The Bertz CT molecular complexity index is 513. The van der Waals surface area contributed by atoms with Crippen LogP contribution in [0.3, 0.4) is 0 Å². The van der Waals surface area contributed by atoms with Gasteiger partial charge in [0.15, 0.2) is 5.17 Å². The molecule has 4 N–H and O–H groups in total. The highest BCUT2D eigenvalue weighted by Gasteiger charge is 2.27. The second-order valence-corrected chi connectivity index (χ2v) is 8.40. The minimum Gasteiger partial charge on any atom is -0.379 e. The first-order valence-corrected chi connectivity index (χ1v) is 9.70. The fraction of sp³-hybridized carbons (Fsp3) is 0.529. The molecule has 0 heterocycles. The summed E-state index contributed by atoms with van der Waals surface area (Å²) in [6.45, 7) is 1.89. The SMILES string of the molecule is CC(=N)SC1CCCCC1c1ccc(CCSC(=N)N)cc1. The van der Waals surface area contributed by atoms with Gasteiger partial charge in [0, 0.05) is 11.0 Å². The molecular weight excluding hydrogens is 310 g/mol. The number of amidine groups is 1. The molecule has 1 aliphatic carbocycles. The van der Waals surface area contributed by atoms with Crippen molar-refractivity contribution in [1.82, 2.24) is 0 Å². The lowest BCUT2D eigenvalue weighted by Crippen LogP contribution is -2.21. The first-order chi connectivity index (χ1) is 10.6. The molecule has 5 heteroatoms. The number of hydrogen-bond acceptors (Lipinski definition) is 4. The van der Waals surface area contributed by atoms with Crippen LogP contribution in [0.5, 0.6) is 0 Å². The lowest BCUT2D eigenvalue weighted by atomic mass is 9.83. The van der Waals surface area contributed by atoms with Crippen LogP contribution in [-0.2, 0) is 6.42 Å². The number of thioether (sulfide) groups is 2. The maximum Gasteiger partial charge on any atom is 0.151 e. The zero-order valence-electron chi connectivity index (χ0n) is 13.1. The van der Waals surface area contributed by atoms with Crippen molar-refractivity contribution in [3.8, 4) is 0 Å². The summed E-state index contributed by atoms with van der Waals surface area (Å²) in [5.74, 6) is 1.45. The predicted molar refractivity (Wildman–Crippen MR) is 101 cm³/mol. The molecule has 1 aromatic carbocycles. The molecule has 22 heavy (non-hydrogen) atoms. The van der Waals surface area contributed by atoms with E-state index in [1.165, 1.54) is 48.6 Å². The molecule has 0 radical (unpaired) electrons. The zero-order valence-corrected chi connectivity index (χ0v) is 14.7. The Kier molecular flexibility index (Phi) is 6.83. The van der Waals surface area contributed by atoms with Crippen LogP contribution in [0.4, 0.5) is 0 Å². The van der Waals surface area contributed by atoms with Gasteiger partial charge in [0.25, 0.3) is 0 Å². The molecular formula is C17H25N3S2. The van der Waals surface area contributed by atoms with E-state index in [0.717, 1.165) is 17.2 Å². The first-order valence-electron chi connectivity index (χ1n) is 7.83. The average Bonchev–Trinajstić information content (AvgIpc) is 2.48. The smallest absolute Gasteiger partial charge is 0.151 e. The van der Waals surface area contributed by atoms with Crippen molar-refractivity contribution in [3.05, 3.63) is 35.4 Å². The predicted octanol–water partition coefficient (Wildman–Crippen LogP) is 4.61. The minimum absolute atomic E-state index is 0.195. The lowest BCUT2D eigenvalue weighted by molar-refractivity contribution is 0.457. The highest BCUT2D eigenvalue weighted by molar-refractivity contribution is 8.14. The quantitative estimate of drug-likeness (QED) is 0.543. The Hall–Kier alpha value is -0.940. The third-order valence-corrected chi connectivity index (χ3v) is 6.03. The van der Waals surface area contributed by atoms with Crippen molar-refractivity contribution in [1.29, 1.82) is 10.8 Å². The fourth-order valence-electron chi connectivity index (χ4n) is 3.06. The van der Waals surface area contributed by atoms with E-state index in [2.05, 4.69) is 24.3 Å². The average molecular weight is 336 g/mol. The molecule has 120 valence electrons. The Morgan fingerprint density at radius 3 is 2.50 bits per heavy atom. The van der Waals surface area contributed by atoms with Crippen LogP contribution < -0.4 is 5.73 Å². The molecule has 1 saturated carbocycles. The van der Waals surface area contributed by atoms with Crippen LogP contribution in [0.2, 0.25) is 0 Å². The van der Waals surface area contributed by atoms with E-state index in [9.17, 15) is 0 Å². The van der Waals surface area contributed by atoms with Crippen molar-refractivity contribution < 1.29 is 0 Å². The number of aryl methyl sites for hydroxylation is 1. The number of hydrogen-bond donors (Lipinski definition) is 3. The Labute approximate surface area is 141 Å². The van der Waals surface area contributed by atoms with Crippen molar-refractivity contribution >= 4 is 33.7 Å². The summed E-state index contributed by atoms with van der Waals surface area (Å²) in [5.41, 5.74) is 8.08. The van der Waals surface area contributed by atoms with Crippen LogP contribution in [0, 0.1) is 10.8 Å². The fourth-order valence-corrected chi connectivity index (χ4v) is 4.81. The van der Waals surface area contributed by atoms with Gasteiger partial charge in [0.1, 0.15) is 0 Å². The molecule has 0 aliphatic heterocycles. The van der Waals surface area contributed by atoms with Gasteiger partial charge in [-0.05, 0) is 43.2 Å². The number of nitrogens with one attached hydrogen (secondary N) is 2. The van der Waals surface area contributed by atoms with E-state index < -0.39 is 0 Å². The van der Waals surface area contributed by atoms with Gasteiger partial charge in [-0.1, -0.05) is 48.9 Å². The largest absolute Gasteiger partial charge is 0.379 e. The van der Waals surface area contributed by atoms with Crippen LogP contribution in [-0.4, -0.2) is 21.2 Å². The van der Waals surface area contributed by atoms with Crippen LogP contribution in [0.25, 0.3) is 0 Å². The summed E-state index contributed by atoms with van der Waals surface area (Å²) in [5, 5.41) is 16.5. The van der Waals surface area contributed by atoms with Gasteiger partial charge in [-0.2, -0.15) is 0 Å². The molecule has 2 unspecified atom stereocenters. The molecule has 2 atom stereocenters. The van der Waals surface area contributed by atoms with Gasteiger partial charge < -0.3 is 5.73 Å². The molecule has 0 spiro atoms. The van der Waals surface area contributed by atoms with Gasteiger partial charge in [-0.15, -0.1) is 11.8 Å². The summed E-state index contributed by atoms with van der Waals surface area (Å²) in [7, 11) is 0. The number of benzene rings is 1. The van der Waals surface area contributed by atoms with E-state index >= 15 is 0 Å². The lowest BCUT2D eigenvalue weighted by Gasteiger charge is -2.31. The topological polar surface area (TPSA) is 73.7 Å². The van der Waals surface area contributed by atoms with E-state index in [1.54, 1.807) is 11.8 Å². The summed E-state index contributed by atoms with van der Waals surface area (Å²) in [6.07, 6.45) is 6.01. The van der Waals surface area contributed by atoms with Gasteiger partial charge >= 0.3 is 0 Å². The van der Waals surface area contributed by atoms with Gasteiger partial charge in [0.2, 0.25) is 0 Å². The Morgan fingerprint density at radius 2 is 1.86 bits per heavy atom. The minimum atomic E-state index is 0.195. The third kappa shape index (κ3) is 5.36. The number of rotatable bonds is 5. The van der Waals surface area contributed by atoms with Gasteiger partial charge in [-0.3, -0.25) is 10.8 Å². The van der Waals surface area contributed by atoms with Crippen LogP contribution in [0.15, 0.2) is 24.3 Å². The second kappa shape index (κ2) is 8.63. The molecule has 3 nitrogen and oxygen atoms in total. The summed E-state index contributed by atoms with van der Waals surface area (Å²) >= 11 is 3.14. The van der Waals surface area contributed by atoms with Crippen LogP contribution in [0.1, 0.15) is 49.7 Å². The Morgan fingerprint density at radius 1 is 1.18 bits per heavy atom. The highest BCUT2D eigenvalue weighted by Crippen LogP contribution is 2.40. The molecule has 0 aromatic heterocycles. The monoisotopic (exact) mass is 335 g/mol. The van der Waals surface area contributed by atoms with E-state index in [-0.39, 0.29) is 5.17 Å². The van der Waals surface area contributed by atoms with Crippen molar-refractivity contribution in [2.75, 3.05) is 5.75 Å². The van der Waals surface area contributed by atoms with Crippen molar-refractivity contribution in [2.24, 2.45) is 5.73 Å². The van der Waals surface area contributed by atoms with Crippen LogP contribution >= 0.6 is 23.5 Å². The van der Waals surface area contributed by atoms with E-state index in [4.69, 9.17) is 16.6 Å². The molecule has 1 aliphatic rings. The summed E-state index contributed by atoms with van der Waals surface area (Å²) in [6, 6.07) is 8.94. The summed E-state index contributed by atoms with van der Waals surface area (Å²) < 4.78 is 0. The Balaban J connectivity index is 1.98. The standard InChI is InChI=1S/C17H25N3S2/c1-12(18)22-16-5-3-2-4-15(16)14-8-6-13(7-9-14)10-11-21-17(19)20/h6-9,15-16,18H,2-5,10-11H2,1H3,(H3,19,20). The number of nitrogens with two attached hydrogens (primary N) is 1. The van der Waals surface area contributed by atoms with Crippen molar-refractivity contribution in [3.63, 3.8) is 0 Å². The molecule has 0 amide bonds. The maximum atomic E-state index is 7.76. The normalized spacial score (nSPS) is 21.5. The highest BCUT2D eigenvalue weighted by atomic mass is 32.2.